The molecule has 1 aromatic rings. The summed E-state index contributed by atoms with van der Waals surface area (Å²) in [5, 5.41) is 8.58. The van der Waals surface area contributed by atoms with E-state index in [9.17, 15) is 0 Å². The lowest BCUT2D eigenvalue weighted by Gasteiger charge is -2.12. The molecule has 0 saturated carbocycles. The average Bonchev–Trinajstić information content (AvgIpc) is 2.89. The predicted octanol–water partition coefficient (Wildman–Crippen LogP) is 2.05. The van der Waals surface area contributed by atoms with Crippen LogP contribution in [0.1, 0.15) is 24.6 Å². The summed E-state index contributed by atoms with van der Waals surface area (Å²) in [6, 6.07) is 4.25. The van der Waals surface area contributed by atoms with Crippen molar-refractivity contribution < 1.29 is 4.74 Å². The van der Waals surface area contributed by atoms with E-state index in [1.54, 1.807) is 18.4 Å². The van der Waals surface area contributed by atoms with E-state index in [0.717, 1.165) is 25.6 Å². The van der Waals surface area contributed by atoms with Crippen LogP contribution in [-0.2, 0) is 4.74 Å². The normalized spacial score (nSPS) is 13.4. The Morgan fingerprint density at radius 1 is 1.50 bits per heavy atom. The standard InChI is InChI=1S/C13H23N3OS/c1-4-14-13(15-7-8-17-3)16-10-11(2)12-6-5-9-18-12/h5-6,9,11H,4,7-8,10H2,1-3H3,(H2,14,15,16). The third-order valence-corrected chi connectivity index (χ3v) is 3.60. The number of thiophene rings is 1. The molecule has 2 N–H and O–H groups in total. The molecule has 0 fully saturated rings. The number of rotatable bonds is 7. The molecule has 0 aliphatic heterocycles. The van der Waals surface area contributed by atoms with Crippen LogP contribution in [-0.4, -0.2) is 39.3 Å². The van der Waals surface area contributed by atoms with Gasteiger partial charge in [-0.25, -0.2) is 0 Å². The second-order valence-electron chi connectivity index (χ2n) is 4.06. The van der Waals surface area contributed by atoms with Crippen LogP contribution in [0, 0.1) is 0 Å². The van der Waals surface area contributed by atoms with Crippen LogP contribution in [0.15, 0.2) is 22.5 Å². The Morgan fingerprint density at radius 2 is 2.33 bits per heavy atom. The minimum Gasteiger partial charge on any atom is -0.383 e. The van der Waals surface area contributed by atoms with Gasteiger partial charge in [-0.05, 0) is 18.4 Å². The van der Waals surface area contributed by atoms with Crippen molar-refractivity contribution in [2.24, 2.45) is 4.99 Å². The lowest BCUT2D eigenvalue weighted by molar-refractivity contribution is 0.203. The highest BCUT2D eigenvalue weighted by Gasteiger charge is 2.06. The fraction of sp³-hybridized carbons (Fsp3) is 0.615. The Balaban J connectivity index is 2.43. The second kappa shape index (κ2) is 8.94. The molecule has 0 radical (unpaired) electrons. The van der Waals surface area contributed by atoms with Crippen LogP contribution in [0.25, 0.3) is 0 Å². The molecule has 0 aliphatic rings. The molecule has 0 saturated heterocycles. The van der Waals surface area contributed by atoms with Crippen LogP contribution >= 0.6 is 11.3 Å². The number of aliphatic imine (C=N–C) groups is 1. The van der Waals surface area contributed by atoms with Gasteiger partial charge in [0.25, 0.3) is 0 Å². The molecule has 0 aromatic carbocycles. The number of hydrogen-bond acceptors (Lipinski definition) is 3. The third-order valence-electron chi connectivity index (χ3n) is 2.50. The monoisotopic (exact) mass is 269 g/mol. The van der Waals surface area contributed by atoms with E-state index in [2.05, 4.69) is 47.0 Å². The zero-order valence-corrected chi connectivity index (χ0v) is 12.2. The first-order valence-corrected chi connectivity index (χ1v) is 7.20. The van der Waals surface area contributed by atoms with Crippen LogP contribution in [0.3, 0.4) is 0 Å². The maximum Gasteiger partial charge on any atom is 0.191 e. The minimum atomic E-state index is 0.461. The first-order chi connectivity index (χ1) is 8.77. The van der Waals surface area contributed by atoms with Crippen LogP contribution in [0.4, 0.5) is 0 Å². The van der Waals surface area contributed by atoms with E-state index < -0.39 is 0 Å². The minimum absolute atomic E-state index is 0.461. The molecule has 1 atom stereocenters. The Kier molecular flexibility index (Phi) is 7.44. The zero-order valence-electron chi connectivity index (χ0n) is 11.4. The summed E-state index contributed by atoms with van der Waals surface area (Å²) in [6.07, 6.45) is 0. The molecule has 5 heteroatoms. The van der Waals surface area contributed by atoms with Crippen molar-refractivity contribution in [2.45, 2.75) is 19.8 Å². The Labute approximate surface area is 113 Å². The van der Waals surface area contributed by atoms with Crippen molar-refractivity contribution in [1.82, 2.24) is 10.6 Å². The maximum atomic E-state index is 5.01. The van der Waals surface area contributed by atoms with Crippen LogP contribution < -0.4 is 10.6 Å². The smallest absolute Gasteiger partial charge is 0.191 e. The van der Waals surface area contributed by atoms with Gasteiger partial charge in [-0.3, -0.25) is 4.99 Å². The molecule has 1 rings (SSSR count). The zero-order chi connectivity index (χ0) is 13.2. The molecule has 1 heterocycles. The number of ether oxygens (including phenoxy) is 1. The van der Waals surface area contributed by atoms with Gasteiger partial charge in [0.1, 0.15) is 0 Å². The number of nitrogens with zero attached hydrogens (tertiary/aromatic N) is 1. The highest BCUT2D eigenvalue weighted by atomic mass is 32.1. The highest BCUT2D eigenvalue weighted by Crippen LogP contribution is 2.20. The summed E-state index contributed by atoms with van der Waals surface area (Å²) in [5.74, 6) is 1.32. The largest absolute Gasteiger partial charge is 0.383 e. The van der Waals surface area contributed by atoms with Gasteiger partial charge < -0.3 is 15.4 Å². The molecule has 0 spiro atoms. The molecule has 18 heavy (non-hydrogen) atoms. The first kappa shape index (κ1) is 15.0. The number of nitrogens with one attached hydrogen (secondary N) is 2. The van der Waals surface area contributed by atoms with E-state index in [-0.39, 0.29) is 0 Å². The molecule has 1 unspecified atom stereocenters. The quantitative estimate of drug-likeness (QED) is 0.452. The third kappa shape index (κ3) is 5.51. The van der Waals surface area contributed by atoms with Crippen molar-refractivity contribution in [1.29, 1.82) is 0 Å². The highest BCUT2D eigenvalue weighted by molar-refractivity contribution is 7.10. The Bertz CT molecular complexity index is 338. The van der Waals surface area contributed by atoms with Gasteiger partial charge in [0.2, 0.25) is 0 Å². The summed E-state index contributed by atoms with van der Waals surface area (Å²) in [5.41, 5.74) is 0. The van der Waals surface area contributed by atoms with Crippen molar-refractivity contribution in [3.05, 3.63) is 22.4 Å². The molecule has 4 nitrogen and oxygen atoms in total. The SMILES string of the molecule is CCNC(=NCC(C)c1cccs1)NCCOC. The lowest BCUT2D eigenvalue weighted by atomic mass is 10.1. The molecule has 102 valence electrons. The number of guanidine groups is 1. The summed E-state index contributed by atoms with van der Waals surface area (Å²) < 4.78 is 5.01. The van der Waals surface area contributed by atoms with Crippen molar-refractivity contribution in [2.75, 3.05) is 33.4 Å². The van der Waals surface area contributed by atoms with Crippen molar-refractivity contribution in [3.63, 3.8) is 0 Å². The number of hydrogen-bond donors (Lipinski definition) is 2. The fourth-order valence-electron chi connectivity index (χ4n) is 1.50. The van der Waals surface area contributed by atoms with E-state index >= 15 is 0 Å². The Morgan fingerprint density at radius 3 is 2.94 bits per heavy atom. The van der Waals surface area contributed by atoms with Gasteiger partial charge >= 0.3 is 0 Å². The molecule has 0 aliphatic carbocycles. The van der Waals surface area contributed by atoms with Crippen molar-refractivity contribution >= 4 is 17.3 Å². The average molecular weight is 269 g/mol. The van der Waals surface area contributed by atoms with Crippen molar-refractivity contribution in [3.8, 4) is 0 Å². The van der Waals surface area contributed by atoms with Crippen LogP contribution in [0.5, 0.6) is 0 Å². The van der Waals surface area contributed by atoms with Gasteiger partial charge in [0.05, 0.1) is 13.2 Å². The molecule has 0 bridgehead atoms. The molecule has 0 amide bonds. The van der Waals surface area contributed by atoms with Gasteiger partial charge in [0, 0.05) is 31.0 Å². The Hall–Kier alpha value is -1.07. The van der Waals surface area contributed by atoms with Crippen LogP contribution in [0.2, 0.25) is 0 Å². The fourth-order valence-corrected chi connectivity index (χ4v) is 2.28. The van der Waals surface area contributed by atoms with E-state index in [1.807, 2.05) is 0 Å². The van der Waals surface area contributed by atoms with E-state index in [1.165, 1.54) is 4.88 Å². The second-order valence-corrected chi connectivity index (χ2v) is 5.03. The van der Waals surface area contributed by atoms with Gasteiger partial charge in [-0.15, -0.1) is 11.3 Å². The van der Waals surface area contributed by atoms with Gasteiger partial charge in [0.15, 0.2) is 5.96 Å². The summed E-state index contributed by atoms with van der Waals surface area (Å²) in [6.45, 7) is 7.39. The maximum absolute atomic E-state index is 5.01. The van der Waals surface area contributed by atoms with Gasteiger partial charge in [-0.2, -0.15) is 0 Å². The van der Waals surface area contributed by atoms with E-state index in [4.69, 9.17) is 4.74 Å². The molecular formula is C13H23N3OS. The summed E-state index contributed by atoms with van der Waals surface area (Å²) >= 11 is 1.79. The van der Waals surface area contributed by atoms with E-state index in [0.29, 0.717) is 12.5 Å². The molecular weight excluding hydrogens is 246 g/mol. The van der Waals surface area contributed by atoms with Gasteiger partial charge in [-0.1, -0.05) is 13.0 Å². The summed E-state index contributed by atoms with van der Waals surface area (Å²) in [7, 11) is 1.70. The predicted molar refractivity (Wildman–Crippen MR) is 78.6 cm³/mol. The first-order valence-electron chi connectivity index (χ1n) is 6.32. The summed E-state index contributed by atoms with van der Waals surface area (Å²) in [4.78, 5) is 5.97. The number of methoxy groups -OCH3 is 1. The topological polar surface area (TPSA) is 45.7 Å². The lowest BCUT2D eigenvalue weighted by Crippen LogP contribution is -2.39. The molecule has 1 aromatic heterocycles.